The van der Waals surface area contributed by atoms with E-state index in [1.165, 1.54) is 12.1 Å². The first kappa shape index (κ1) is 18.4. The van der Waals surface area contributed by atoms with Crippen LogP contribution in [-0.2, 0) is 10.0 Å². The highest BCUT2D eigenvalue weighted by atomic mass is 32.2. The third-order valence-corrected chi connectivity index (χ3v) is 5.26. The number of para-hydroxylation sites is 1. The SMILES string of the molecule is Cc1ccc(S(=O)(=O)N[C@H](C)c2ccccc2OC(F)F)cc1C. The Morgan fingerprint density at radius 2 is 1.71 bits per heavy atom. The van der Waals surface area contributed by atoms with Crippen LogP contribution in [0.4, 0.5) is 8.78 Å². The maximum Gasteiger partial charge on any atom is 0.387 e. The normalized spacial score (nSPS) is 13.1. The Kier molecular flexibility index (Phi) is 5.56. The van der Waals surface area contributed by atoms with Crippen LogP contribution in [-0.4, -0.2) is 15.0 Å². The molecule has 4 nitrogen and oxygen atoms in total. The van der Waals surface area contributed by atoms with Crippen molar-refractivity contribution in [3.8, 4) is 5.75 Å². The highest BCUT2D eigenvalue weighted by Gasteiger charge is 2.21. The molecule has 0 saturated heterocycles. The van der Waals surface area contributed by atoms with Crippen molar-refractivity contribution in [2.75, 3.05) is 0 Å². The highest BCUT2D eigenvalue weighted by molar-refractivity contribution is 7.89. The second-order valence-electron chi connectivity index (χ2n) is 5.51. The van der Waals surface area contributed by atoms with Gasteiger partial charge in [-0.05, 0) is 50.1 Å². The molecule has 0 fully saturated rings. The van der Waals surface area contributed by atoms with Crippen LogP contribution in [0.5, 0.6) is 5.75 Å². The molecule has 0 radical (unpaired) electrons. The zero-order valence-corrected chi connectivity index (χ0v) is 14.4. The van der Waals surface area contributed by atoms with E-state index in [0.717, 1.165) is 11.1 Å². The van der Waals surface area contributed by atoms with Crippen LogP contribution < -0.4 is 9.46 Å². The Hall–Kier alpha value is -1.99. The molecule has 0 aromatic heterocycles. The lowest BCUT2D eigenvalue weighted by atomic mass is 10.1. The summed E-state index contributed by atoms with van der Waals surface area (Å²) in [5.41, 5.74) is 2.18. The number of rotatable bonds is 6. The van der Waals surface area contributed by atoms with Gasteiger partial charge in [-0.25, -0.2) is 13.1 Å². The molecule has 7 heteroatoms. The van der Waals surface area contributed by atoms with Crippen LogP contribution >= 0.6 is 0 Å². The summed E-state index contributed by atoms with van der Waals surface area (Å²) in [6.45, 7) is 2.31. The first-order chi connectivity index (χ1) is 11.2. The van der Waals surface area contributed by atoms with E-state index in [1.807, 2.05) is 13.8 Å². The van der Waals surface area contributed by atoms with E-state index in [4.69, 9.17) is 0 Å². The van der Waals surface area contributed by atoms with E-state index in [0.29, 0.717) is 5.56 Å². The summed E-state index contributed by atoms with van der Waals surface area (Å²) in [6.07, 6.45) is 0. The number of alkyl halides is 2. The zero-order valence-electron chi connectivity index (χ0n) is 13.6. The predicted octanol–water partition coefficient (Wildman–Crippen LogP) is 3.94. The number of hydrogen-bond acceptors (Lipinski definition) is 3. The molecule has 0 bridgehead atoms. The second-order valence-corrected chi connectivity index (χ2v) is 7.22. The summed E-state index contributed by atoms with van der Waals surface area (Å²) in [6, 6.07) is 10.2. The largest absolute Gasteiger partial charge is 0.434 e. The van der Waals surface area contributed by atoms with Crippen molar-refractivity contribution < 1.29 is 21.9 Å². The van der Waals surface area contributed by atoms with E-state index >= 15 is 0 Å². The summed E-state index contributed by atoms with van der Waals surface area (Å²) in [4.78, 5) is 0.129. The average molecular weight is 355 g/mol. The van der Waals surface area contributed by atoms with Gasteiger partial charge in [-0.3, -0.25) is 0 Å². The molecule has 1 atom stereocenters. The first-order valence-corrected chi connectivity index (χ1v) is 8.82. The molecule has 0 aliphatic rings. The lowest BCUT2D eigenvalue weighted by Gasteiger charge is -2.18. The van der Waals surface area contributed by atoms with Gasteiger partial charge in [-0.1, -0.05) is 24.3 Å². The van der Waals surface area contributed by atoms with Crippen molar-refractivity contribution in [3.63, 3.8) is 0 Å². The van der Waals surface area contributed by atoms with Gasteiger partial charge in [0.2, 0.25) is 10.0 Å². The number of nitrogens with one attached hydrogen (secondary N) is 1. The Morgan fingerprint density at radius 1 is 1.04 bits per heavy atom. The lowest BCUT2D eigenvalue weighted by Crippen LogP contribution is -2.27. The van der Waals surface area contributed by atoms with Crippen molar-refractivity contribution in [1.82, 2.24) is 4.72 Å². The molecule has 2 aromatic carbocycles. The molecule has 0 unspecified atom stereocenters. The topological polar surface area (TPSA) is 55.4 Å². The Bertz CT molecular complexity index is 822. The average Bonchev–Trinajstić information content (AvgIpc) is 2.49. The summed E-state index contributed by atoms with van der Waals surface area (Å²) >= 11 is 0. The summed E-state index contributed by atoms with van der Waals surface area (Å²) in [5, 5.41) is 0. The predicted molar refractivity (Wildman–Crippen MR) is 87.7 cm³/mol. The molecule has 0 saturated carbocycles. The van der Waals surface area contributed by atoms with Crippen LogP contribution in [0.3, 0.4) is 0 Å². The van der Waals surface area contributed by atoms with Gasteiger partial charge in [0.1, 0.15) is 5.75 Å². The van der Waals surface area contributed by atoms with Gasteiger partial charge in [0.05, 0.1) is 4.90 Å². The third kappa shape index (κ3) is 4.30. The fraction of sp³-hybridized carbons (Fsp3) is 0.294. The monoisotopic (exact) mass is 355 g/mol. The van der Waals surface area contributed by atoms with Gasteiger partial charge in [0.25, 0.3) is 0 Å². The maximum absolute atomic E-state index is 12.5. The van der Waals surface area contributed by atoms with Gasteiger partial charge < -0.3 is 4.74 Å². The Labute approximate surface area is 140 Å². The molecule has 0 spiro atoms. The molecular weight excluding hydrogens is 336 g/mol. The van der Waals surface area contributed by atoms with Crippen LogP contribution in [0.25, 0.3) is 0 Å². The molecule has 24 heavy (non-hydrogen) atoms. The number of hydrogen-bond donors (Lipinski definition) is 1. The minimum Gasteiger partial charge on any atom is -0.434 e. The molecule has 1 N–H and O–H groups in total. The maximum atomic E-state index is 12.5. The molecule has 0 amide bonds. The molecule has 0 heterocycles. The Balaban J connectivity index is 2.28. The summed E-state index contributed by atoms with van der Waals surface area (Å²) in [5.74, 6) is -0.0530. The number of aryl methyl sites for hydroxylation is 2. The zero-order chi connectivity index (χ0) is 17.9. The van der Waals surface area contributed by atoms with Gasteiger partial charge in [-0.2, -0.15) is 8.78 Å². The number of benzene rings is 2. The van der Waals surface area contributed by atoms with E-state index in [-0.39, 0.29) is 10.6 Å². The molecule has 0 aliphatic heterocycles. The van der Waals surface area contributed by atoms with E-state index < -0.39 is 22.7 Å². The van der Waals surface area contributed by atoms with Crippen LogP contribution in [0, 0.1) is 13.8 Å². The minimum absolute atomic E-state index is 0.0530. The standard InChI is InChI=1S/C17H19F2NO3S/c1-11-8-9-14(10-12(11)2)24(21,22)20-13(3)15-6-4-5-7-16(15)23-17(18)19/h4-10,13,17,20H,1-3H3/t13-/m1/s1. The smallest absolute Gasteiger partial charge is 0.387 e. The minimum atomic E-state index is -3.79. The van der Waals surface area contributed by atoms with Crippen LogP contribution in [0.1, 0.15) is 29.7 Å². The fourth-order valence-corrected chi connectivity index (χ4v) is 3.59. The van der Waals surface area contributed by atoms with Crippen LogP contribution in [0.15, 0.2) is 47.4 Å². The van der Waals surface area contributed by atoms with Gasteiger partial charge in [-0.15, -0.1) is 0 Å². The van der Waals surface area contributed by atoms with Crippen molar-refractivity contribution in [2.24, 2.45) is 0 Å². The van der Waals surface area contributed by atoms with E-state index in [2.05, 4.69) is 9.46 Å². The van der Waals surface area contributed by atoms with Crippen molar-refractivity contribution in [2.45, 2.75) is 38.3 Å². The van der Waals surface area contributed by atoms with E-state index in [1.54, 1.807) is 37.3 Å². The second kappa shape index (κ2) is 7.27. The molecular formula is C17H19F2NO3S. The third-order valence-electron chi connectivity index (χ3n) is 3.72. The first-order valence-electron chi connectivity index (χ1n) is 7.34. The van der Waals surface area contributed by atoms with Crippen molar-refractivity contribution in [1.29, 1.82) is 0 Å². The molecule has 130 valence electrons. The number of ether oxygens (including phenoxy) is 1. The summed E-state index contributed by atoms with van der Waals surface area (Å²) in [7, 11) is -3.79. The van der Waals surface area contributed by atoms with Gasteiger partial charge in [0.15, 0.2) is 0 Å². The highest BCUT2D eigenvalue weighted by Crippen LogP contribution is 2.27. The van der Waals surface area contributed by atoms with Gasteiger partial charge >= 0.3 is 6.61 Å². The quantitative estimate of drug-likeness (QED) is 0.854. The molecule has 2 rings (SSSR count). The number of sulfonamides is 1. The van der Waals surface area contributed by atoms with Crippen molar-refractivity contribution >= 4 is 10.0 Å². The Morgan fingerprint density at radius 3 is 2.33 bits per heavy atom. The molecule has 0 aliphatic carbocycles. The molecule has 2 aromatic rings. The lowest BCUT2D eigenvalue weighted by molar-refractivity contribution is -0.0506. The van der Waals surface area contributed by atoms with Gasteiger partial charge in [0, 0.05) is 11.6 Å². The van der Waals surface area contributed by atoms with E-state index in [9.17, 15) is 17.2 Å². The van der Waals surface area contributed by atoms with Crippen LogP contribution in [0.2, 0.25) is 0 Å². The summed E-state index contributed by atoms with van der Waals surface area (Å²) < 4.78 is 57.0. The number of halogens is 2. The fourth-order valence-electron chi connectivity index (χ4n) is 2.29. The van der Waals surface area contributed by atoms with Crippen molar-refractivity contribution in [3.05, 3.63) is 59.2 Å².